The summed E-state index contributed by atoms with van der Waals surface area (Å²) in [5, 5.41) is 8.58. The molecule has 1 unspecified atom stereocenters. The average Bonchev–Trinajstić information content (AvgIpc) is 3.54. The van der Waals surface area contributed by atoms with Gasteiger partial charge in [0.25, 0.3) is 0 Å². The van der Waals surface area contributed by atoms with E-state index in [1.165, 1.54) is 0 Å². The molecule has 2 aliphatic heterocycles. The first kappa shape index (κ1) is 21.0. The van der Waals surface area contributed by atoms with Gasteiger partial charge in [-0.2, -0.15) is 0 Å². The van der Waals surface area contributed by atoms with Crippen LogP contribution in [0.5, 0.6) is 5.75 Å². The monoisotopic (exact) mass is 447 g/mol. The van der Waals surface area contributed by atoms with Gasteiger partial charge in [-0.05, 0) is 48.5 Å². The number of furan rings is 1. The molecule has 1 atom stereocenters. The predicted octanol–water partition coefficient (Wildman–Crippen LogP) is 2.45. The Labute approximate surface area is 191 Å². The van der Waals surface area contributed by atoms with Crippen molar-refractivity contribution < 1.29 is 18.7 Å². The fourth-order valence-corrected chi connectivity index (χ4v) is 4.35. The van der Waals surface area contributed by atoms with E-state index in [0.717, 1.165) is 17.3 Å². The summed E-state index contributed by atoms with van der Waals surface area (Å²) >= 11 is 0. The molecule has 0 spiro atoms. The Morgan fingerprint density at radius 2 is 1.82 bits per heavy atom. The Bertz CT molecular complexity index is 1110. The van der Waals surface area contributed by atoms with Crippen molar-refractivity contribution in [1.82, 2.24) is 15.1 Å². The lowest BCUT2D eigenvalue weighted by Gasteiger charge is -2.36. The van der Waals surface area contributed by atoms with Crippen molar-refractivity contribution in [3.63, 3.8) is 0 Å². The van der Waals surface area contributed by atoms with Gasteiger partial charge in [0.15, 0.2) is 11.6 Å². The minimum Gasteiger partial charge on any atom is -0.497 e. The van der Waals surface area contributed by atoms with Gasteiger partial charge in [0, 0.05) is 44.8 Å². The number of methoxy groups -OCH3 is 1. The van der Waals surface area contributed by atoms with Crippen molar-refractivity contribution in [3.8, 4) is 17.2 Å². The van der Waals surface area contributed by atoms with Crippen LogP contribution in [0.3, 0.4) is 0 Å². The zero-order chi connectivity index (χ0) is 22.8. The van der Waals surface area contributed by atoms with Crippen molar-refractivity contribution in [1.29, 1.82) is 0 Å². The first-order valence-corrected chi connectivity index (χ1v) is 11.0. The fourth-order valence-electron chi connectivity index (χ4n) is 4.35. The van der Waals surface area contributed by atoms with Crippen molar-refractivity contribution >= 4 is 23.3 Å². The first-order chi connectivity index (χ1) is 16.1. The second-order valence-electron chi connectivity index (χ2n) is 8.17. The summed E-state index contributed by atoms with van der Waals surface area (Å²) in [6, 6.07) is 14.8. The van der Waals surface area contributed by atoms with Crippen molar-refractivity contribution in [2.45, 2.75) is 6.42 Å². The highest BCUT2D eigenvalue weighted by Crippen LogP contribution is 2.28. The SMILES string of the molecule is COc1ccc(N2CC(C(=O)N3CCN(c4ccc(-c5ccco5)nn4)CC3)CC2=O)cc1. The van der Waals surface area contributed by atoms with Crippen LogP contribution in [0, 0.1) is 5.92 Å². The smallest absolute Gasteiger partial charge is 0.228 e. The van der Waals surface area contributed by atoms with Gasteiger partial charge in [-0.15, -0.1) is 10.2 Å². The predicted molar refractivity (Wildman–Crippen MR) is 122 cm³/mol. The fraction of sp³-hybridized carbons (Fsp3) is 0.333. The minimum atomic E-state index is -0.321. The van der Waals surface area contributed by atoms with E-state index in [9.17, 15) is 9.59 Å². The third-order valence-corrected chi connectivity index (χ3v) is 6.20. The van der Waals surface area contributed by atoms with Crippen LogP contribution in [-0.4, -0.2) is 66.7 Å². The zero-order valence-electron chi connectivity index (χ0n) is 18.4. The van der Waals surface area contributed by atoms with Crippen molar-refractivity contribution in [3.05, 3.63) is 54.8 Å². The number of amides is 2. The number of nitrogens with zero attached hydrogens (tertiary/aromatic N) is 5. The summed E-state index contributed by atoms with van der Waals surface area (Å²) < 4.78 is 10.5. The van der Waals surface area contributed by atoms with Gasteiger partial charge in [-0.1, -0.05) is 0 Å². The minimum absolute atomic E-state index is 0.0240. The molecule has 0 radical (unpaired) electrons. The molecule has 2 fully saturated rings. The zero-order valence-corrected chi connectivity index (χ0v) is 18.4. The standard InChI is InChI=1S/C24H25N5O4/c1-32-19-6-4-18(5-7-19)29-16-17(15-23(29)30)24(31)28-12-10-27(11-13-28)22-9-8-20(25-26-22)21-3-2-14-33-21/h2-9,14,17H,10-13,15-16H2,1H3. The van der Waals surface area contributed by atoms with E-state index in [0.29, 0.717) is 44.2 Å². The molecule has 2 aromatic heterocycles. The van der Waals surface area contributed by atoms with E-state index in [4.69, 9.17) is 9.15 Å². The second kappa shape index (κ2) is 8.93. The van der Waals surface area contributed by atoms with E-state index >= 15 is 0 Å². The number of carbonyl (C=O) groups is 2. The van der Waals surface area contributed by atoms with Gasteiger partial charge in [0.2, 0.25) is 11.8 Å². The first-order valence-electron chi connectivity index (χ1n) is 11.0. The number of hydrogen-bond acceptors (Lipinski definition) is 7. The molecule has 170 valence electrons. The molecular formula is C24H25N5O4. The topological polar surface area (TPSA) is 92.0 Å². The number of ether oxygens (including phenoxy) is 1. The molecule has 2 aliphatic rings. The number of rotatable bonds is 5. The molecule has 2 amide bonds. The number of carbonyl (C=O) groups excluding carboxylic acids is 2. The lowest BCUT2D eigenvalue weighted by molar-refractivity contribution is -0.136. The Kier molecular flexibility index (Phi) is 5.68. The van der Waals surface area contributed by atoms with Crippen LogP contribution in [0.1, 0.15) is 6.42 Å². The summed E-state index contributed by atoms with van der Waals surface area (Å²) in [4.78, 5) is 31.3. The number of benzene rings is 1. The number of piperazine rings is 1. The van der Waals surface area contributed by atoms with Crippen molar-refractivity contribution in [2.75, 3.05) is 49.6 Å². The molecule has 2 saturated heterocycles. The summed E-state index contributed by atoms with van der Waals surface area (Å²) in [6.07, 6.45) is 1.85. The lowest BCUT2D eigenvalue weighted by atomic mass is 10.1. The number of anilines is 2. The molecule has 0 N–H and O–H groups in total. The Balaban J connectivity index is 1.17. The highest BCUT2D eigenvalue weighted by atomic mass is 16.5. The van der Waals surface area contributed by atoms with Crippen LogP contribution < -0.4 is 14.5 Å². The highest BCUT2D eigenvalue weighted by molar-refractivity contribution is 6.00. The third-order valence-electron chi connectivity index (χ3n) is 6.20. The Morgan fingerprint density at radius 3 is 2.45 bits per heavy atom. The molecule has 4 heterocycles. The quantitative estimate of drug-likeness (QED) is 0.593. The molecule has 33 heavy (non-hydrogen) atoms. The van der Waals surface area contributed by atoms with Gasteiger partial charge in [0.1, 0.15) is 11.4 Å². The second-order valence-corrected chi connectivity index (χ2v) is 8.17. The molecule has 0 saturated carbocycles. The van der Waals surface area contributed by atoms with E-state index in [1.807, 2.05) is 53.4 Å². The normalized spacial score (nSPS) is 18.6. The summed E-state index contributed by atoms with van der Waals surface area (Å²) in [7, 11) is 1.60. The summed E-state index contributed by atoms with van der Waals surface area (Å²) in [5.41, 5.74) is 1.47. The lowest BCUT2D eigenvalue weighted by Crippen LogP contribution is -2.51. The van der Waals surface area contributed by atoms with Crippen molar-refractivity contribution in [2.24, 2.45) is 5.92 Å². The van der Waals surface area contributed by atoms with Gasteiger partial charge in [-0.25, -0.2) is 0 Å². The number of aromatic nitrogens is 2. The van der Waals surface area contributed by atoms with Crippen LogP contribution in [0.15, 0.2) is 59.2 Å². The van der Waals surface area contributed by atoms with Crippen LogP contribution >= 0.6 is 0 Å². The van der Waals surface area contributed by atoms with Crippen LogP contribution in [0.25, 0.3) is 11.5 Å². The molecular weight excluding hydrogens is 422 g/mol. The van der Waals surface area contributed by atoms with Crippen LogP contribution in [0.4, 0.5) is 11.5 Å². The van der Waals surface area contributed by atoms with E-state index < -0.39 is 0 Å². The summed E-state index contributed by atoms with van der Waals surface area (Å²) in [6.45, 7) is 2.93. The van der Waals surface area contributed by atoms with Gasteiger partial charge < -0.3 is 23.9 Å². The molecule has 1 aromatic carbocycles. The molecule has 3 aromatic rings. The maximum atomic E-state index is 13.1. The summed E-state index contributed by atoms with van der Waals surface area (Å²) in [5.74, 6) is 1.88. The van der Waals surface area contributed by atoms with E-state index in [1.54, 1.807) is 18.3 Å². The molecule has 5 rings (SSSR count). The number of hydrogen-bond donors (Lipinski definition) is 0. The largest absolute Gasteiger partial charge is 0.497 e. The molecule has 9 nitrogen and oxygen atoms in total. The van der Waals surface area contributed by atoms with Gasteiger partial charge >= 0.3 is 0 Å². The maximum absolute atomic E-state index is 13.1. The third kappa shape index (κ3) is 4.26. The average molecular weight is 447 g/mol. The van der Waals surface area contributed by atoms with E-state index in [2.05, 4.69) is 15.1 Å². The van der Waals surface area contributed by atoms with Crippen LogP contribution in [0.2, 0.25) is 0 Å². The van der Waals surface area contributed by atoms with Gasteiger partial charge in [-0.3, -0.25) is 9.59 Å². The maximum Gasteiger partial charge on any atom is 0.228 e. The molecule has 0 bridgehead atoms. The Morgan fingerprint density at radius 1 is 1.03 bits per heavy atom. The van der Waals surface area contributed by atoms with E-state index in [-0.39, 0.29) is 24.2 Å². The Hall–Kier alpha value is -3.88. The van der Waals surface area contributed by atoms with Crippen LogP contribution in [-0.2, 0) is 9.59 Å². The highest BCUT2D eigenvalue weighted by Gasteiger charge is 2.38. The molecule has 9 heteroatoms. The molecule has 0 aliphatic carbocycles. The van der Waals surface area contributed by atoms with Gasteiger partial charge in [0.05, 0.1) is 19.3 Å².